The molecule has 0 radical (unpaired) electrons. The van der Waals surface area contributed by atoms with Crippen LogP contribution in [0.3, 0.4) is 0 Å². The molecule has 0 aromatic heterocycles. The van der Waals surface area contributed by atoms with Crippen molar-refractivity contribution in [3.63, 3.8) is 0 Å². The second kappa shape index (κ2) is 14.5. The zero-order valence-electron chi connectivity index (χ0n) is 15.9. The third kappa shape index (κ3) is 10.8. The number of ether oxygens (including phenoxy) is 2. The number of methoxy groups -OCH3 is 2. The van der Waals surface area contributed by atoms with E-state index in [4.69, 9.17) is 9.47 Å². The maximum atomic E-state index is 11.7. The first kappa shape index (κ1) is 24.4. The van der Waals surface area contributed by atoms with E-state index in [0.717, 1.165) is 39.1 Å². The van der Waals surface area contributed by atoms with Crippen LogP contribution in [0.2, 0.25) is 0 Å². The van der Waals surface area contributed by atoms with Crippen LogP contribution in [0.5, 0.6) is 0 Å². The van der Waals surface area contributed by atoms with Gasteiger partial charge in [-0.05, 0) is 12.8 Å². The number of hydrogen-bond donors (Lipinski definition) is 2. The minimum atomic E-state index is -0.0165. The van der Waals surface area contributed by atoms with Crippen LogP contribution in [0.1, 0.15) is 12.8 Å². The molecule has 0 aromatic rings. The molecule has 1 saturated heterocycles. The summed E-state index contributed by atoms with van der Waals surface area (Å²) >= 11 is 0. The number of piperidine rings is 1. The molecule has 0 aromatic carbocycles. The van der Waals surface area contributed by atoms with E-state index in [0.29, 0.717) is 25.2 Å². The highest BCUT2D eigenvalue weighted by Gasteiger charge is 2.19. The number of nitrogens with zero attached hydrogens (tertiary/aromatic N) is 3. The standard InChI is InChI=1S/C16H33N5O3.HI/c1-20(2)15(22)13-18-16(17-7-11-23-3)19-14-5-8-21(9-6-14)10-12-24-4;/h14H,5-13H2,1-4H3,(H2,17,18,19);1H. The highest BCUT2D eigenvalue weighted by Crippen LogP contribution is 2.09. The minimum Gasteiger partial charge on any atom is -0.383 e. The van der Waals surface area contributed by atoms with E-state index < -0.39 is 0 Å². The number of guanidine groups is 1. The maximum absolute atomic E-state index is 11.7. The second-order valence-corrected chi connectivity index (χ2v) is 6.13. The highest BCUT2D eigenvalue weighted by atomic mass is 127. The lowest BCUT2D eigenvalue weighted by Crippen LogP contribution is -2.49. The van der Waals surface area contributed by atoms with E-state index >= 15 is 0 Å². The molecule has 1 heterocycles. The van der Waals surface area contributed by atoms with Crippen molar-refractivity contribution in [2.75, 3.05) is 74.3 Å². The quantitative estimate of drug-likeness (QED) is 0.213. The number of amides is 1. The summed E-state index contributed by atoms with van der Waals surface area (Å²) in [4.78, 5) is 20.1. The Hall–Kier alpha value is -0.650. The summed E-state index contributed by atoms with van der Waals surface area (Å²) in [6.45, 7) is 5.24. The molecule has 8 nitrogen and oxygen atoms in total. The van der Waals surface area contributed by atoms with Crippen molar-refractivity contribution < 1.29 is 14.3 Å². The van der Waals surface area contributed by atoms with Crippen LogP contribution >= 0.6 is 24.0 Å². The fourth-order valence-electron chi connectivity index (χ4n) is 2.43. The molecular formula is C16H34IN5O3. The maximum Gasteiger partial charge on any atom is 0.243 e. The van der Waals surface area contributed by atoms with Crippen molar-refractivity contribution in [2.45, 2.75) is 18.9 Å². The number of halogens is 1. The number of aliphatic imine (C=N–C) groups is 1. The summed E-state index contributed by atoms with van der Waals surface area (Å²) in [5.41, 5.74) is 0. The first-order valence-electron chi connectivity index (χ1n) is 8.52. The van der Waals surface area contributed by atoms with E-state index in [-0.39, 0.29) is 36.4 Å². The van der Waals surface area contributed by atoms with Crippen molar-refractivity contribution in [2.24, 2.45) is 4.99 Å². The van der Waals surface area contributed by atoms with Gasteiger partial charge < -0.3 is 29.9 Å². The molecule has 0 unspecified atom stereocenters. The summed E-state index contributed by atoms with van der Waals surface area (Å²) < 4.78 is 10.2. The number of nitrogens with one attached hydrogen (secondary N) is 2. The first-order valence-corrected chi connectivity index (χ1v) is 8.52. The molecule has 1 aliphatic heterocycles. The predicted molar refractivity (Wildman–Crippen MR) is 111 cm³/mol. The van der Waals surface area contributed by atoms with Crippen molar-refractivity contribution >= 4 is 35.8 Å². The van der Waals surface area contributed by atoms with Gasteiger partial charge in [0.1, 0.15) is 6.54 Å². The Kier molecular flexibility index (Phi) is 14.1. The van der Waals surface area contributed by atoms with Crippen LogP contribution in [-0.4, -0.2) is 102 Å². The summed E-state index contributed by atoms with van der Waals surface area (Å²) in [5, 5.41) is 6.66. The Balaban J connectivity index is 0.00000576. The average molecular weight is 471 g/mol. The Morgan fingerprint density at radius 2 is 1.84 bits per heavy atom. The van der Waals surface area contributed by atoms with Gasteiger partial charge in [-0.1, -0.05) is 0 Å². The topological polar surface area (TPSA) is 78.4 Å². The SMILES string of the molecule is COCCNC(=NCC(=O)N(C)C)NC1CCN(CCOC)CC1.I. The molecule has 148 valence electrons. The minimum absolute atomic E-state index is 0. The number of likely N-dealkylation sites (tertiary alicyclic amines) is 1. The fraction of sp³-hybridized carbons (Fsp3) is 0.875. The molecule has 0 bridgehead atoms. The average Bonchev–Trinajstić information content (AvgIpc) is 2.58. The van der Waals surface area contributed by atoms with Gasteiger partial charge >= 0.3 is 0 Å². The molecule has 9 heteroatoms. The van der Waals surface area contributed by atoms with E-state index in [9.17, 15) is 4.79 Å². The van der Waals surface area contributed by atoms with Gasteiger partial charge in [0.2, 0.25) is 5.91 Å². The van der Waals surface area contributed by atoms with Crippen LogP contribution in [0, 0.1) is 0 Å². The zero-order valence-corrected chi connectivity index (χ0v) is 18.2. The molecule has 0 saturated carbocycles. The van der Waals surface area contributed by atoms with Crippen LogP contribution < -0.4 is 10.6 Å². The van der Waals surface area contributed by atoms with Gasteiger partial charge in [-0.2, -0.15) is 0 Å². The smallest absolute Gasteiger partial charge is 0.243 e. The van der Waals surface area contributed by atoms with Crippen LogP contribution in [0.15, 0.2) is 4.99 Å². The van der Waals surface area contributed by atoms with E-state index in [1.54, 1.807) is 33.2 Å². The predicted octanol–water partition coefficient (Wildman–Crippen LogP) is -0.0150. The molecule has 25 heavy (non-hydrogen) atoms. The summed E-state index contributed by atoms with van der Waals surface area (Å²) in [6, 6.07) is 0.368. The van der Waals surface area contributed by atoms with Crippen LogP contribution in [-0.2, 0) is 14.3 Å². The summed E-state index contributed by atoms with van der Waals surface area (Å²) in [7, 11) is 6.87. The summed E-state index contributed by atoms with van der Waals surface area (Å²) in [5.74, 6) is 0.662. The Bertz CT molecular complexity index is 388. The first-order chi connectivity index (χ1) is 11.6. The Morgan fingerprint density at radius 3 is 2.40 bits per heavy atom. The van der Waals surface area contributed by atoms with Crippen LogP contribution in [0.25, 0.3) is 0 Å². The zero-order chi connectivity index (χ0) is 17.8. The molecule has 0 spiro atoms. The lowest BCUT2D eigenvalue weighted by atomic mass is 10.1. The third-order valence-electron chi connectivity index (χ3n) is 4.01. The van der Waals surface area contributed by atoms with Crippen molar-refractivity contribution in [1.29, 1.82) is 0 Å². The van der Waals surface area contributed by atoms with Gasteiger partial charge in [0.05, 0.1) is 13.2 Å². The molecule has 1 fully saturated rings. The lowest BCUT2D eigenvalue weighted by Gasteiger charge is -2.32. The number of hydrogen-bond acceptors (Lipinski definition) is 5. The van der Waals surface area contributed by atoms with Gasteiger partial charge in [-0.3, -0.25) is 4.79 Å². The monoisotopic (exact) mass is 471 g/mol. The van der Waals surface area contributed by atoms with E-state index in [2.05, 4.69) is 20.5 Å². The van der Waals surface area contributed by atoms with E-state index in [1.165, 1.54) is 0 Å². The van der Waals surface area contributed by atoms with Crippen molar-refractivity contribution in [3.8, 4) is 0 Å². The lowest BCUT2D eigenvalue weighted by molar-refractivity contribution is -0.127. The van der Waals surface area contributed by atoms with Crippen molar-refractivity contribution in [1.82, 2.24) is 20.4 Å². The number of carbonyl (C=O) groups is 1. The fourth-order valence-corrected chi connectivity index (χ4v) is 2.43. The second-order valence-electron chi connectivity index (χ2n) is 6.13. The molecular weight excluding hydrogens is 437 g/mol. The van der Waals surface area contributed by atoms with Gasteiger partial charge in [-0.15, -0.1) is 24.0 Å². The normalized spacial score (nSPS) is 16.2. The summed E-state index contributed by atoms with van der Waals surface area (Å²) in [6.07, 6.45) is 2.10. The van der Waals surface area contributed by atoms with Gasteiger partial charge in [0, 0.05) is 60.5 Å². The van der Waals surface area contributed by atoms with Gasteiger partial charge in [-0.25, -0.2) is 4.99 Å². The molecule has 0 atom stereocenters. The molecule has 2 N–H and O–H groups in total. The third-order valence-corrected chi connectivity index (χ3v) is 4.01. The van der Waals surface area contributed by atoms with Gasteiger partial charge in [0.25, 0.3) is 0 Å². The molecule has 1 amide bonds. The number of carbonyl (C=O) groups excluding carboxylic acids is 1. The molecule has 1 rings (SSSR count). The number of rotatable bonds is 9. The molecule has 1 aliphatic rings. The highest BCUT2D eigenvalue weighted by molar-refractivity contribution is 14.0. The Morgan fingerprint density at radius 1 is 1.20 bits per heavy atom. The Labute approximate surface area is 168 Å². The van der Waals surface area contributed by atoms with E-state index in [1.807, 2.05) is 0 Å². The largest absolute Gasteiger partial charge is 0.383 e. The molecule has 0 aliphatic carbocycles. The number of likely N-dealkylation sites (N-methyl/N-ethyl adjacent to an activating group) is 1. The van der Waals surface area contributed by atoms with Gasteiger partial charge in [0.15, 0.2) is 5.96 Å². The van der Waals surface area contributed by atoms with Crippen molar-refractivity contribution in [3.05, 3.63) is 0 Å². The van der Waals surface area contributed by atoms with Crippen LogP contribution in [0.4, 0.5) is 0 Å².